The minimum atomic E-state index is -0.285. The molecule has 4 N–H and O–H groups in total. The van der Waals surface area contributed by atoms with Gasteiger partial charge >= 0.3 is 0 Å². The molecule has 3 aromatic heterocycles. The highest BCUT2D eigenvalue weighted by molar-refractivity contribution is 6.11. The van der Waals surface area contributed by atoms with Crippen LogP contribution in [0.3, 0.4) is 0 Å². The average Bonchev–Trinajstić information content (AvgIpc) is 3.32. The molecule has 32 heavy (non-hydrogen) atoms. The Balaban J connectivity index is 1.68. The van der Waals surface area contributed by atoms with Crippen LogP contribution in [0, 0.1) is 5.92 Å². The Kier molecular flexibility index (Phi) is 4.82. The van der Waals surface area contributed by atoms with E-state index in [1.54, 1.807) is 6.21 Å². The Labute approximate surface area is 184 Å². The molecule has 5 rings (SSSR count). The molecule has 0 saturated carbocycles. The number of amides is 1. The van der Waals surface area contributed by atoms with Gasteiger partial charge in [-0.3, -0.25) is 4.79 Å². The maximum atomic E-state index is 13.0. The topological polar surface area (TPSA) is 114 Å². The van der Waals surface area contributed by atoms with Crippen molar-refractivity contribution in [3.8, 4) is 0 Å². The smallest absolute Gasteiger partial charge is 0.257 e. The average molecular weight is 425 g/mol. The van der Waals surface area contributed by atoms with Gasteiger partial charge in [-0.2, -0.15) is 9.78 Å². The number of carbonyl (C=O) groups is 1. The third kappa shape index (κ3) is 3.35. The van der Waals surface area contributed by atoms with E-state index < -0.39 is 0 Å². The predicted molar refractivity (Wildman–Crippen MR) is 128 cm³/mol. The normalized spacial score (nSPS) is 12.0. The number of anilines is 1. The second-order valence-corrected chi connectivity index (χ2v) is 8.09. The molecule has 1 amide bonds. The lowest BCUT2D eigenvalue weighted by Gasteiger charge is -2.07. The molecule has 0 aliphatic carbocycles. The maximum Gasteiger partial charge on any atom is 0.257 e. The summed E-state index contributed by atoms with van der Waals surface area (Å²) in [6.45, 7) is 4.60. The number of benzene rings is 2. The van der Waals surface area contributed by atoms with Crippen LogP contribution in [-0.2, 0) is 0 Å². The molecule has 0 spiro atoms. The summed E-state index contributed by atoms with van der Waals surface area (Å²) in [6.07, 6.45) is 3.59. The van der Waals surface area contributed by atoms with Crippen LogP contribution >= 0.6 is 0 Å². The molecule has 0 bridgehead atoms. The number of H-pyrrole nitrogens is 1. The third-order valence-electron chi connectivity index (χ3n) is 5.31. The summed E-state index contributed by atoms with van der Waals surface area (Å²) in [6, 6.07) is 15.5. The van der Waals surface area contributed by atoms with E-state index in [1.165, 1.54) is 4.68 Å². The van der Waals surface area contributed by atoms with E-state index in [0.29, 0.717) is 34.7 Å². The standard InChI is InChI=1S/C24H23N7O/c1-14(2)11-27-24(32)20-21-23(30-19-10-6-5-9-18(19)29-21)31(22(20)25)28-13-15-12-26-17-8-4-3-7-16(15)17/h3-10,12-14,26H,11,25H2,1-2H3,(H,27,32). The lowest BCUT2D eigenvalue weighted by atomic mass is 10.2. The van der Waals surface area contributed by atoms with Crippen molar-refractivity contribution in [1.29, 1.82) is 0 Å². The number of aromatic nitrogens is 4. The quantitative estimate of drug-likeness (QED) is 0.370. The van der Waals surface area contributed by atoms with Crippen LogP contribution in [0.15, 0.2) is 59.8 Å². The minimum absolute atomic E-state index is 0.202. The molecular weight excluding hydrogens is 402 g/mol. The van der Waals surface area contributed by atoms with Gasteiger partial charge in [-0.15, -0.1) is 0 Å². The van der Waals surface area contributed by atoms with Crippen molar-refractivity contribution in [3.05, 3.63) is 65.9 Å². The van der Waals surface area contributed by atoms with Crippen molar-refractivity contribution in [2.45, 2.75) is 13.8 Å². The molecule has 0 unspecified atom stereocenters. The third-order valence-corrected chi connectivity index (χ3v) is 5.31. The molecule has 160 valence electrons. The van der Waals surface area contributed by atoms with Crippen molar-refractivity contribution in [3.63, 3.8) is 0 Å². The van der Waals surface area contributed by atoms with E-state index in [4.69, 9.17) is 15.7 Å². The number of nitrogens with zero attached hydrogens (tertiary/aromatic N) is 4. The number of hydrogen-bond donors (Lipinski definition) is 3. The van der Waals surface area contributed by atoms with Gasteiger partial charge in [0, 0.05) is 29.2 Å². The number of carbonyl (C=O) groups excluding carboxylic acids is 1. The molecule has 0 atom stereocenters. The Morgan fingerprint density at radius 2 is 1.88 bits per heavy atom. The molecule has 0 saturated heterocycles. The fraction of sp³-hybridized carbons (Fsp3) is 0.167. The number of nitrogens with one attached hydrogen (secondary N) is 2. The second-order valence-electron chi connectivity index (χ2n) is 8.09. The SMILES string of the molecule is CC(C)CNC(=O)c1c(N)n(N=Cc2c[nH]c3ccccc23)c2nc3ccccc3nc12. The van der Waals surface area contributed by atoms with Crippen molar-refractivity contribution in [1.82, 2.24) is 24.9 Å². The minimum Gasteiger partial charge on any atom is -0.383 e. The van der Waals surface area contributed by atoms with Crippen LogP contribution in [0.4, 0.5) is 5.82 Å². The lowest BCUT2D eigenvalue weighted by molar-refractivity contribution is 0.0951. The van der Waals surface area contributed by atoms with E-state index in [0.717, 1.165) is 16.5 Å². The van der Waals surface area contributed by atoms with Gasteiger partial charge in [0.15, 0.2) is 5.65 Å². The first kappa shape index (κ1) is 19.7. The zero-order chi connectivity index (χ0) is 22.2. The summed E-state index contributed by atoms with van der Waals surface area (Å²) >= 11 is 0. The van der Waals surface area contributed by atoms with E-state index in [-0.39, 0.29) is 17.3 Å². The molecule has 0 aliphatic heterocycles. The summed E-state index contributed by atoms with van der Waals surface area (Å²) in [5, 5.41) is 8.57. The number of aromatic amines is 1. The van der Waals surface area contributed by atoms with Gasteiger partial charge < -0.3 is 16.0 Å². The van der Waals surface area contributed by atoms with Crippen molar-refractivity contribution < 1.29 is 4.79 Å². The van der Waals surface area contributed by atoms with E-state index >= 15 is 0 Å². The Bertz CT molecular complexity index is 1490. The maximum absolute atomic E-state index is 13.0. The van der Waals surface area contributed by atoms with E-state index in [2.05, 4.69) is 15.4 Å². The Morgan fingerprint density at radius 1 is 1.16 bits per heavy atom. The number of para-hydroxylation sites is 3. The van der Waals surface area contributed by atoms with Gasteiger partial charge in [-0.1, -0.05) is 44.2 Å². The van der Waals surface area contributed by atoms with Gasteiger partial charge in [-0.05, 0) is 24.1 Å². The predicted octanol–water partition coefficient (Wildman–Crippen LogP) is 3.92. The van der Waals surface area contributed by atoms with Gasteiger partial charge in [0.1, 0.15) is 16.9 Å². The first-order valence-electron chi connectivity index (χ1n) is 10.5. The number of fused-ring (bicyclic) bond motifs is 3. The summed E-state index contributed by atoms with van der Waals surface area (Å²) in [5.74, 6) is 0.222. The first-order valence-corrected chi connectivity index (χ1v) is 10.5. The van der Waals surface area contributed by atoms with E-state index in [9.17, 15) is 4.79 Å². The van der Waals surface area contributed by atoms with Crippen molar-refractivity contribution in [2.24, 2.45) is 11.0 Å². The highest BCUT2D eigenvalue weighted by Gasteiger charge is 2.24. The number of hydrogen-bond acceptors (Lipinski definition) is 5. The fourth-order valence-electron chi connectivity index (χ4n) is 3.69. The van der Waals surface area contributed by atoms with Crippen LogP contribution in [0.5, 0.6) is 0 Å². The van der Waals surface area contributed by atoms with Gasteiger partial charge in [0.2, 0.25) is 0 Å². The van der Waals surface area contributed by atoms with Crippen LogP contribution < -0.4 is 11.1 Å². The van der Waals surface area contributed by atoms with Gasteiger partial charge in [0.25, 0.3) is 5.91 Å². The van der Waals surface area contributed by atoms with Gasteiger partial charge in [0.05, 0.1) is 17.2 Å². The Hall–Kier alpha value is -4.20. The number of rotatable bonds is 5. The van der Waals surface area contributed by atoms with Crippen LogP contribution in [0.25, 0.3) is 33.1 Å². The highest BCUT2D eigenvalue weighted by Crippen LogP contribution is 2.28. The monoisotopic (exact) mass is 425 g/mol. The first-order chi connectivity index (χ1) is 15.5. The summed E-state index contributed by atoms with van der Waals surface area (Å²) in [7, 11) is 0. The van der Waals surface area contributed by atoms with Crippen molar-refractivity contribution in [2.75, 3.05) is 12.3 Å². The molecule has 2 aromatic carbocycles. The number of nitrogens with two attached hydrogens (primary N) is 1. The number of nitrogen functional groups attached to an aromatic ring is 1. The molecule has 0 aliphatic rings. The summed E-state index contributed by atoms with van der Waals surface area (Å²) < 4.78 is 1.49. The summed E-state index contributed by atoms with van der Waals surface area (Å²) in [4.78, 5) is 25.7. The molecule has 0 fully saturated rings. The van der Waals surface area contributed by atoms with Crippen LogP contribution in [0.1, 0.15) is 29.8 Å². The molecule has 8 heteroatoms. The van der Waals surface area contributed by atoms with Crippen molar-refractivity contribution >= 4 is 51.0 Å². The molecule has 3 heterocycles. The molecule has 5 aromatic rings. The molecule has 8 nitrogen and oxygen atoms in total. The largest absolute Gasteiger partial charge is 0.383 e. The fourth-order valence-corrected chi connectivity index (χ4v) is 3.69. The van der Waals surface area contributed by atoms with Crippen LogP contribution in [0.2, 0.25) is 0 Å². The summed E-state index contributed by atoms with van der Waals surface area (Å²) in [5.41, 5.74) is 10.9. The van der Waals surface area contributed by atoms with Crippen LogP contribution in [-0.4, -0.2) is 38.3 Å². The Morgan fingerprint density at radius 3 is 2.66 bits per heavy atom. The second kappa shape index (κ2) is 7.81. The zero-order valence-corrected chi connectivity index (χ0v) is 17.8. The highest BCUT2D eigenvalue weighted by atomic mass is 16.1. The van der Waals surface area contributed by atoms with Gasteiger partial charge in [-0.25, -0.2) is 9.97 Å². The zero-order valence-electron chi connectivity index (χ0n) is 17.8. The molecule has 0 radical (unpaired) electrons. The van der Waals surface area contributed by atoms with E-state index in [1.807, 2.05) is 68.6 Å². The lowest BCUT2D eigenvalue weighted by Crippen LogP contribution is -2.28. The molecular formula is C24H23N7O.